The van der Waals surface area contributed by atoms with Gasteiger partial charge in [-0.05, 0) is 94.4 Å². The maximum Gasteiger partial charge on any atom is 0.0555 e. The maximum absolute atomic E-state index is 2.45. The number of hydrogen-bond acceptors (Lipinski definition) is 1. The first kappa shape index (κ1) is 30.5. The lowest BCUT2D eigenvalue weighted by molar-refractivity contribution is 1.18. The van der Waals surface area contributed by atoms with E-state index >= 15 is 0 Å². The molecular weight excluding hydrogens is 685 g/mol. The van der Waals surface area contributed by atoms with Crippen molar-refractivity contribution in [2.75, 3.05) is 0 Å². The molecule has 0 aliphatic heterocycles. The quantitative estimate of drug-likeness (QED) is 0.172. The van der Waals surface area contributed by atoms with Crippen molar-refractivity contribution in [1.29, 1.82) is 0 Å². The third-order valence-corrected chi connectivity index (χ3v) is 12.6. The van der Waals surface area contributed by atoms with Gasteiger partial charge in [0.1, 0.15) is 0 Å². The highest BCUT2D eigenvalue weighted by Crippen LogP contribution is 2.43. The largest absolute Gasteiger partial charge is 0.309 e. The molecule has 0 radical (unpaired) electrons. The Morgan fingerprint density at radius 2 is 0.873 bits per heavy atom. The van der Waals surface area contributed by atoms with Crippen LogP contribution in [0.1, 0.15) is 0 Å². The minimum Gasteiger partial charge on any atom is -0.309 e. The summed E-state index contributed by atoms with van der Waals surface area (Å²) in [6.07, 6.45) is 0. The standard InChI is InChI=1S/C52H32N2S/c1-2-11-33(12-3-1)34-21-25-38(26-22-34)53-48-27-23-37(30-43(48)44-31-45-41-17-7-9-20-51(41)55-52(45)32-50(44)53)36-24-28-49-42(29-36)40-16-6-8-18-47(40)54(49)46-19-10-14-35-13-4-5-15-39(35)46/h1-32H. The summed E-state index contributed by atoms with van der Waals surface area (Å²) in [5, 5.41) is 10.2. The molecule has 12 aromatic rings. The van der Waals surface area contributed by atoms with Gasteiger partial charge in [0.15, 0.2) is 0 Å². The molecule has 3 heteroatoms. The molecule has 12 rings (SSSR count). The van der Waals surface area contributed by atoms with Gasteiger partial charge in [-0.1, -0.05) is 127 Å². The summed E-state index contributed by atoms with van der Waals surface area (Å²) in [5.41, 5.74) is 12.1. The third-order valence-electron chi connectivity index (χ3n) is 11.5. The van der Waals surface area contributed by atoms with Crippen LogP contribution in [-0.4, -0.2) is 9.13 Å². The molecule has 0 fully saturated rings. The molecule has 0 N–H and O–H groups in total. The Balaban J connectivity index is 1.08. The Hall–Kier alpha value is -6.94. The Kier molecular flexibility index (Phi) is 6.54. The lowest BCUT2D eigenvalue weighted by Crippen LogP contribution is -1.95. The first-order valence-corrected chi connectivity index (χ1v) is 19.7. The number of aromatic nitrogens is 2. The average molecular weight is 717 g/mol. The third kappa shape index (κ3) is 4.60. The minimum atomic E-state index is 1.16. The molecule has 0 bridgehead atoms. The highest BCUT2D eigenvalue weighted by molar-refractivity contribution is 7.25. The smallest absolute Gasteiger partial charge is 0.0555 e. The highest BCUT2D eigenvalue weighted by atomic mass is 32.1. The number of nitrogens with zero attached hydrogens (tertiary/aromatic N) is 2. The molecule has 0 saturated carbocycles. The van der Waals surface area contributed by atoms with Crippen LogP contribution in [0.25, 0.3) is 108 Å². The van der Waals surface area contributed by atoms with E-state index in [1.165, 1.54) is 102 Å². The van der Waals surface area contributed by atoms with Crippen molar-refractivity contribution in [2.24, 2.45) is 0 Å². The molecule has 0 atom stereocenters. The van der Waals surface area contributed by atoms with Crippen LogP contribution < -0.4 is 0 Å². The molecule has 0 saturated heterocycles. The van der Waals surface area contributed by atoms with Crippen LogP contribution in [-0.2, 0) is 0 Å². The van der Waals surface area contributed by atoms with Gasteiger partial charge in [-0.25, -0.2) is 0 Å². The van der Waals surface area contributed by atoms with E-state index in [-0.39, 0.29) is 0 Å². The van der Waals surface area contributed by atoms with Gasteiger partial charge >= 0.3 is 0 Å². The van der Waals surface area contributed by atoms with Crippen LogP contribution in [0, 0.1) is 0 Å². The van der Waals surface area contributed by atoms with Gasteiger partial charge in [0.25, 0.3) is 0 Å². The van der Waals surface area contributed by atoms with Crippen molar-refractivity contribution in [2.45, 2.75) is 0 Å². The molecule has 0 amide bonds. The average Bonchev–Trinajstić information content (AvgIpc) is 3.89. The van der Waals surface area contributed by atoms with Crippen molar-refractivity contribution in [3.8, 4) is 33.6 Å². The van der Waals surface area contributed by atoms with E-state index in [1.54, 1.807) is 0 Å². The lowest BCUT2D eigenvalue weighted by atomic mass is 10.00. The summed E-state index contributed by atoms with van der Waals surface area (Å²) in [4.78, 5) is 0. The number of hydrogen-bond donors (Lipinski definition) is 0. The van der Waals surface area contributed by atoms with Crippen molar-refractivity contribution < 1.29 is 0 Å². The van der Waals surface area contributed by atoms with Crippen LogP contribution in [0.15, 0.2) is 194 Å². The van der Waals surface area contributed by atoms with Gasteiger partial charge in [0, 0.05) is 52.8 Å². The van der Waals surface area contributed by atoms with Crippen molar-refractivity contribution >= 4 is 85.9 Å². The summed E-state index contributed by atoms with van der Waals surface area (Å²) in [6.45, 7) is 0. The van der Waals surface area contributed by atoms with Gasteiger partial charge in [-0.15, -0.1) is 11.3 Å². The maximum atomic E-state index is 2.45. The van der Waals surface area contributed by atoms with Gasteiger partial charge in [0.05, 0.1) is 27.8 Å². The second kappa shape index (κ2) is 11.8. The van der Waals surface area contributed by atoms with Crippen molar-refractivity contribution in [3.63, 3.8) is 0 Å². The number of thiophene rings is 1. The first-order chi connectivity index (χ1) is 27.3. The zero-order chi connectivity index (χ0) is 36.0. The molecule has 0 aliphatic carbocycles. The number of rotatable bonds is 4. The van der Waals surface area contributed by atoms with Crippen LogP contribution in [0.2, 0.25) is 0 Å². The molecule has 3 heterocycles. The Morgan fingerprint density at radius 3 is 1.69 bits per heavy atom. The highest BCUT2D eigenvalue weighted by Gasteiger charge is 2.19. The fraction of sp³-hybridized carbons (Fsp3) is 0. The second-order valence-corrected chi connectivity index (χ2v) is 15.6. The molecule has 0 unspecified atom stereocenters. The van der Waals surface area contributed by atoms with E-state index in [9.17, 15) is 0 Å². The van der Waals surface area contributed by atoms with Gasteiger partial charge < -0.3 is 9.13 Å². The van der Waals surface area contributed by atoms with Gasteiger partial charge in [-0.3, -0.25) is 0 Å². The van der Waals surface area contributed by atoms with Crippen LogP contribution >= 0.6 is 11.3 Å². The lowest BCUT2D eigenvalue weighted by Gasteiger charge is -2.12. The number of para-hydroxylation sites is 1. The van der Waals surface area contributed by atoms with Crippen molar-refractivity contribution in [3.05, 3.63) is 194 Å². The molecule has 2 nitrogen and oxygen atoms in total. The van der Waals surface area contributed by atoms with E-state index in [2.05, 4.69) is 203 Å². The normalized spacial score (nSPS) is 12.0. The predicted octanol–water partition coefficient (Wildman–Crippen LogP) is 14.7. The van der Waals surface area contributed by atoms with Crippen LogP contribution in [0.4, 0.5) is 0 Å². The minimum absolute atomic E-state index is 1.16. The topological polar surface area (TPSA) is 9.86 Å². The Morgan fingerprint density at radius 1 is 0.291 bits per heavy atom. The molecule has 3 aromatic heterocycles. The van der Waals surface area contributed by atoms with Gasteiger partial charge in [-0.2, -0.15) is 0 Å². The molecule has 55 heavy (non-hydrogen) atoms. The second-order valence-electron chi connectivity index (χ2n) is 14.5. The summed E-state index contributed by atoms with van der Waals surface area (Å²) < 4.78 is 7.53. The summed E-state index contributed by atoms with van der Waals surface area (Å²) in [6, 6.07) is 71.5. The predicted molar refractivity (Wildman–Crippen MR) is 236 cm³/mol. The fourth-order valence-electron chi connectivity index (χ4n) is 8.94. The molecule has 0 spiro atoms. The van der Waals surface area contributed by atoms with E-state index in [4.69, 9.17) is 0 Å². The first-order valence-electron chi connectivity index (χ1n) is 18.8. The molecular formula is C52H32N2S. The van der Waals surface area contributed by atoms with Gasteiger partial charge in [0.2, 0.25) is 0 Å². The van der Waals surface area contributed by atoms with E-state index < -0.39 is 0 Å². The number of fused-ring (bicyclic) bond motifs is 10. The summed E-state index contributed by atoms with van der Waals surface area (Å²) in [5.74, 6) is 0. The molecule has 9 aromatic carbocycles. The summed E-state index contributed by atoms with van der Waals surface area (Å²) in [7, 11) is 0. The molecule has 256 valence electrons. The number of benzene rings is 9. The summed E-state index contributed by atoms with van der Waals surface area (Å²) >= 11 is 1.88. The fourth-order valence-corrected chi connectivity index (χ4v) is 10.1. The van der Waals surface area contributed by atoms with E-state index in [1.807, 2.05) is 11.3 Å². The van der Waals surface area contributed by atoms with Crippen LogP contribution in [0.5, 0.6) is 0 Å². The van der Waals surface area contributed by atoms with E-state index in [0.717, 1.165) is 5.69 Å². The molecule has 0 aliphatic rings. The van der Waals surface area contributed by atoms with E-state index in [0.29, 0.717) is 0 Å². The SMILES string of the molecule is c1ccc(-c2ccc(-n3c4ccc(-c5ccc6c(c5)c5ccccc5n6-c5cccc6ccccc56)cc4c4cc5c(cc43)sc3ccccc35)cc2)cc1. The Bertz CT molecular complexity index is 3470. The van der Waals surface area contributed by atoms with Crippen LogP contribution in [0.3, 0.4) is 0 Å². The Labute approximate surface area is 321 Å². The zero-order valence-electron chi connectivity index (χ0n) is 29.8. The zero-order valence-corrected chi connectivity index (χ0v) is 30.6. The van der Waals surface area contributed by atoms with Crippen molar-refractivity contribution in [1.82, 2.24) is 9.13 Å². The monoisotopic (exact) mass is 716 g/mol.